The number of rotatable bonds is 6. The molecule has 0 aliphatic carbocycles. The number of hydrogen-bond donors (Lipinski definition) is 0. The Hall–Kier alpha value is -8.67. The molecule has 0 atom stereocenters. The lowest BCUT2D eigenvalue weighted by Crippen LogP contribution is -2.01. The SMILES string of the molecule is c1ccc(-c2nc(-c3ccccc3)nc(-c3ccc(-n4c5ccc(-c6ccc7c(c6)c6ccccc6n7-c6ccccc6)cc5c5cc6ccccc6cc54)c4ccccc34)n2)cc1. The fourth-order valence-corrected chi connectivity index (χ4v) is 9.75. The minimum Gasteiger partial charge on any atom is -0.309 e. The first-order valence-corrected chi connectivity index (χ1v) is 21.7. The van der Waals surface area contributed by atoms with Crippen LogP contribution in [0.5, 0.6) is 0 Å². The normalized spacial score (nSPS) is 11.8. The predicted octanol–water partition coefficient (Wildman–Crippen LogP) is 15.0. The molecule has 0 saturated heterocycles. The number of para-hydroxylation sites is 2. The summed E-state index contributed by atoms with van der Waals surface area (Å²) in [7, 11) is 0. The molecule has 0 radical (unpaired) electrons. The lowest BCUT2D eigenvalue weighted by molar-refractivity contribution is 1.08. The molecule has 3 aromatic heterocycles. The molecule has 0 amide bonds. The van der Waals surface area contributed by atoms with Gasteiger partial charge in [0.05, 0.1) is 27.8 Å². The zero-order valence-electron chi connectivity index (χ0n) is 34.6. The van der Waals surface area contributed by atoms with Crippen LogP contribution >= 0.6 is 0 Å². The fraction of sp³-hybridized carbons (Fsp3) is 0. The monoisotopic (exact) mass is 815 g/mol. The predicted molar refractivity (Wildman–Crippen MR) is 265 cm³/mol. The second kappa shape index (κ2) is 14.5. The van der Waals surface area contributed by atoms with Crippen LogP contribution in [0, 0.1) is 0 Å². The molecule has 0 N–H and O–H groups in total. The number of fused-ring (bicyclic) bond motifs is 8. The van der Waals surface area contributed by atoms with Gasteiger partial charge in [-0.05, 0) is 94.0 Å². The summed E-state index contributed by atoms with van der Waals surface area (Å²) in [5, 5.41) is 9.49. The van der Waals surface area contributed by atoms with Crippen LogP contribution in [0.4, 0.5) is 0 Å². The van der Waals surface area contributed by atoms with Crippen molar-refractivity contribution in [3.05, 3.63) is 224 Å². The zero-order valence-corrected chi connectivity index (χ0v) is 34.6. The van der Waals surface area contributed by atoms with E-state index in [9.17, 15) is 0 Å². The van der Waals surface area contributed by atoms with Crippen LogP contribution in [0.1, 0.15) is 0 Å². The Bertz CT molecular complexity index is 3890. The van der Waals surface area contributed by atoms with Crippen LogP contribution in [0.25, 0.3) is 122 Å². The van der Waals surface area contributed by atoms with Gasteiger partial charge in [-0.3, -0.25) is 0 Å². The Morgan fingerprint density at radius 2 is 0.750 bits per heavy atom. The summed E-state index contributed by atoms with van der Waals surface area (Å²) in [4.78, 5) is 15.2. The van der Waals surface area contributed by atoms with Crippen LogP contribution in [0.3, 0.4) is 0 Å². The molecule has 64 heavy (non-hydrogen) atoms. The Balaban J connectivity index is 1.01. The quantitative estimate of drug-likeness (QED) is 0.168. The highest BCUT2D eigenvalue weighted by molar-refractivity contribution is 6.16. The molecule has 3 heterocycles. The smallest absolute Gasteiger partial charge is 0.164 e. The minimum absolute atomic E-state index is 0.636. The first-order valence-electron chi connectivity index (χ1n) is 21.7. The molecular weight excluding hydrogens is 779 g/mol. The number of benzene rings is 10. The Kier molecular flexibility index (Phi) is 8.15. The Morgan fingerprint density at radius 1 is 0.266 bits per heavy atom. The molecule has 10 aromatic carbocycles. The van der Waals surface area contributed by atoms with Gasteiger partial charge in [0, 0.05) is 49.3 Å². The van der Waals surface area contributed by atoms with E-state index in [-0.39, 0.29) is 0 Å². The van der Waals surface area contributed by atoms with Gasteiger partial charge in [-0.15, -0.1) is 0 Å². The van der Waals surface area contributed by atoms with Gasteiger partial charge in [0.25, 0.3) is 0 Å². The van der Waals surface area contributed by atoms with Crippen molar-refractivity contribution < 1.29 is 0 Å². The number of nitrogens with zero attached hydrogens (tertiary/aromatic N) is 5. The van der Waals surface area contributed by atoms with Crippen molar-refractivity contribution in [3.8, 4) is 56.7 Å². The third-order valence-corrected chi connectivity index (χ3v) is 12.7. The van der Waals surface area contributed by atoms with E-state index in [4.69, 9.17) is 15.0 Å². The van der Waals surface area contributed by atoms with Gasteiger partial charge >= 0.3 is 0 Å². The molecule has 5 nitrogen and oxygen atoms in total. The molecule has 0 spiro atoms. The highest BCUT2D eigenvalue weighted by Gasteiger charge is 2.20. The van der Waals surface area contributed by atoms with Crippen molar-refractivity contribution in [3.63, 3.8) is 0 Å². The van der Waals surface area contributed by atoms with E-state index in [0.29, 0.717) is 17.5 Å². The molecule has 0 saturated carbocycles. The van der Waals surface area contributed by atoms with Crippen molar-refractivity contribution >= 4 is 65.2 Å². The summed E-state index contributed by atoms with van der Waals surface area (Å²) >= 11 is 0. The number of hydrogen-bond acceptors (Lipinski definition) is 3. The highest BCUT2D eigenvalue weighted by Crippen LogP contribution is 2.42. The maximum absolute atomic E-state index is 5.14. The van der Waals surface area contributed by atoms with Gasteiger partial charge in [-0.2, -0.15) is 0 Å². The molecular formula is C59H37N5. The summed E-state index contributed by atoms with van der Waals surface area (Å²) in [6.45, 7) is 0. The van der Waals surface area contributed by atoms with Crippen molar-refractivity contribution in [2.45, 2.75) is 0 Å². The molecule has 13 aromatic rings. The highest BCUT2D eigenvalue weighted by atomic mass is 15.0. The van der Waals surface area contributed by atoms with E-state index in [0.717, 1.165) is 49.9 Å². The Labute approximate surface area is 368 Å². The largest absolute Gasteiger partial charge is 0.309 e. The first-order chi connectivity index (χ1) is 31.7. The molecule has 0 aliphatic heterocycles. The van der Waals surface area contributed by atoms with Gasteiger partial charge in [0.1, 0.15) is 0 Å². The lowest BCUT2D eigenvalue weighted by atomic mass is 10.00. The molecule has 0 fully saturated rings. The zero-order chi connectivity index (χ0) is 42.1. The van der Waals surface area contributed by atoms with E-state index >= 15 is 0 Å². The summed E-state index contributed by atoms with van der Waals surface area (Å²) in [6.07, 6.45) is 0. The maximum Gasteiger partial charge on any atom is 0.164 e. The topological polar surface area (TPSA) is 48.5 Å². The van der Waals surface area contributed by atoms with E-state index in [2.05, 4.69) is 197 Å². The van der Waals surface area contributed by atoms with E-state index in [1.807, 2.05) is 36.4 Å². The van der Waals surface area contributed by atoms with Crippen LogP contribution < -0.4 is 0 Å². The van der Waals surface area contributed by atoms with Gasteiger partial charge < -0.3 is 9.13 Å². The molecule has 0 bridgehead atoms. The fourth-order valence-electron chi connectivity index (χ4n) is 9.75. The van der Waals surface area contributed by atoms with Crippen LogP contribution in [0.2, 0.25) is 0 Å². The average molecular weight is 816 g/mol. The Morgan fingerprint density at radius 3 is 1.42 bits per heavy atom. The first kappa shape index (κ1) is 36.0. The van der Waals surface area contributed by atoms with E-state index in [1.54, 1.807) is 0 Å². The summed E-state index contributed by atoms with van der Waals surface area (Å²) < 4.78 is 4.82. The van der Waals surface area contributed by atoms with Gasteiger partial charge in [-0.25, -0.2) is 15.0 Å². The second-order valence-electron chi connectivity index (χ2n) is 16.4. The van der Waals surface area contributed by atoms with Crippen LogP contribution in [-0.2, 0) is 0 Å². The van der Waals surface area contributed by atoms with Gasteiger partial charge in [-0.1, -0.05) is 158 Å². The second-order valence-corrected chi connectivity index (χ2v) is 16.4. The molecule has 0 unspecified atom stereocenters. The molecule has 0 aliphatic rings. The molecule has 298 valence electrons. The maximum atomic E-state index is 5.14. The van der Waals surface area contributed by atoms with Crippen molar-refractivity contribution in [1.29, 1.82) is 0 Å². The minimum atomic E-state index is 0.636. The standard InChI is InChI=1S/C59H37N5/c1-4-16-38(17-5-1)57-60-58(39-18-6-2-7-19-39)62-59(61-57)48-30-33-53(46-25-13-12-24-45(46)48)64-55-32-29-43(36-50(55)51-34-40-20-10-11-21-41(40)37-56(51)64)42-28-31-54-49(35-42)47-26-14-15-27-52(47)63(54)44-22-8-3-9-23-44/h1-37H. The van der Waals surface area contributed by atoms with Gasteiger partial charge in [0.15, 0.2) is 17.5 Å². The van der Waals surface area contributed by atoms with Crippen LogP contribution in [0.15, 0.2) is 224 Å². The average Bonchev–Trinajstić information content (AvgIpc) is 3.87. The third kappa shape index (κ3) is 5.75. The van der Waals surface area contributed by atoms with Crippen molar-refractivity contribution in [1.82, 2.24) is 24.1 Å². The molecule has 5 heteroatoms. The third-order valence-electron chi connectivity index (χ3n) is 12.7. The van der Waals surface area contributed by atoms with Crippen molar-refractivity contribution in [2.75, 3.05) is 0 Å². The van der Waals surface area contributed by atoms with E-state index < -0.39 is 0 Å². The number of aromatic nitrogens is 5. The summed E-state index contributed by atoms with van der Waals surface area (Å²) in [5.74, 6) is 1.92. The molecule has 13 rings (SSSR count). The summed E-state index contributed by atoms with van der Waals surface area (Å²) in [6, 6.07) is 80.0. The van der Waals surface area contributed by atoms with E-state index in [1.165, 1.54) is 54.5 Å². The lowest BCUT2D eigenvalue weighted by Gasteiger charge is -2.15. The van der Waals surface area contributed by atoms with Crippen LogP contribution in [-0.4, -0.2) is 24.1 Å². The summed E-state index contributed by atoms with van der Waals surface area (Å²) in [5.41, 5.74) is 12.2. The van der Waals surface area contributed by atoms with Gasteiger partial charge in [0.2, 0.25) is 0 Å². The van der Waals surface area contributed by atoms with Crippen molar-refractivity contribution in [2.24, 2.45) is 0 Å².